The highest BCUT2D eigenvalue weighted by atomic mass is 28.4. The molecule has 0 spiro atoms. The van der Waals surface area contributed by atoms with E-state index in [-0.39, 0.29) is 0 Å². The second-order valence-electron chi connectivity index (χ2n) is 8.46. The van der Waals surface area contributed by atoms with Gasteiger partial charge in [0.15, 0.2) is 16.6 Å². The minimum atomic E-state index is -2.18. The number of hydrogen-bond donors (Lipinski definition) is 0. The number of hydrogen-bond acceptors (Lipinski definition) is 1. The summed E-state index contributed by atoms with van der Waals surface area (Å²) in [6.45, 7) is 17.7. The van der Waals surface area contributed by atoms with Crippen LogP contribution in [-0.2, 0) is 17.0 Å². The van der Waals surface area contributed by atoms with E-state index >= 15 is 0 Å². The third kappa shape index (κ3) is 6.16. The van der Waals surface area contributed by atoms with E-state index in [1.807, 2.05) is 0 Å². The van der Waals surface area contributed by atoms with Crippen LogP contribution in [0.25, 0.3) is 0 Å². The summed E-state index contributed by atoms with van der Waals surface area (Å²) in [5.41, 5.74) is 3.39. The molecule has 2 aromatic rings. The van der Waals surface area contributed by atoms with Crippen molar-refractivity contribution in [2.24, 2.45) is 0 Å². The van der Waals surface area contributed by atoms with Gasteiger partial charge in [-0.1, -0.05) is 72.8 Å². The summed E-state index contributed by atoms with van der Waals surface area (Å²) in [6.07, 6.45) is 6.25. The number of rotatable bonds is 10. The van der Waals surface area contributed by atoms with Crippen LogP contribution < -0.4 is 0 Å². The van der Waals surface area contributed by atoms with Crippen molar-refractivity contribution in [1.29, 1.82) is 0 Å². The van der Waals surface area contributed by atoms with E-state index in [2.05, 4.69) is 112 Å². The second-order valence-corrected chi connectivity index (χ2v) is 17.4. The van der Waals surface area contributed by atoms with Crippen molar-refractivity contribution < 1.29 is 4.12 Å². The highest BCUT2D eigenvalue weighted by molar-refractivity contribution is 6.87. The fourth-order valence-corrected chi connectivity index (χ4v) is 13.1. The van der Waals surface area contributed by atoms with Gasteiger partial charge in [-0.3, -0.25) is 0 Å². The normalized spacial score (nSPS) is 16.1. The van der Waals surface area contributed by atoms with Crippen molar-refractivity contribution in [2.45, 2.75) is 50.1 Å². The zero-order chi connectivity index (χ0) is 19.9. The summed E-state index contributed by atoms with van der Waals surface area (Å²) in [7, 11) is -3.90. The molecule has 2 unspecified atom stereocenters. The van der Waals surface area contributed by atoms with Crippen molar-refractivity contribution in [3.63, 3.8) is 0 Å². The highest BCUT2D eigenvalue weighted by Crippen LogP contribution is 2.41. The van der Waals surface area contributed by atoms with E-state index in [9.17, 15) is 0 Å². The summed E-state index contributed by atoms with van der Waals surface area (Å²) in [5.74, 6) is 0. The molecular formula is C24H34OSi2. The molecule has 0 amide bonds. The van der Waals surface area contributed by atoms with Gasteiger partial charge >= 0.3 is 0 Å². The molecule has 0 aliphatic rings. The van der Waals surface area contributed by atoms with Gasteiger partial charge in [0.2, 0.25) is 0 Å². The minimum Gasteiger partial charge on any atom is -0.455 e. The fraction of sp³-hybridized carbons (Fsp3) is 0.333. The molecule has 144 valence electrons. The third-order valence-corrected chi connectivity index (χ3v) is 13.2. The van der Waals surface area contributed by atoms with Crippen molar-refractivity contribution in [3.05, 3.63) is 97.1 Å². The molecule has 0 saturated carbocycles. The molecule has 0 fully saturated rings. The van der Waals surface area contributed by atoms with Crippen molar-refractivity contribution in [3.8, 4) is 0 Å². The molecule has 0 heterocycles. The lowest BCUT2D eigenvalue weighted by Gasteiger charge is -2.44. The molecule has 27 heavy (non-hydrogen) atoms. The van der Waals surface area contributed by atoms with Crippen LogP contribution in [0.3, 0.4) is 0 Å². The smallest absolute Gasteiger partial charge is 0.191 e. The van der Waals surface area contributed by atoms with Gasteiger partial charge in [0.1, 0.15) is 0 Å². The first-order valence-corrected chi connectivity index (χ1v) is 15.8. The summed E-state index contributed by atoms with van der Waals surface area (Å²) < 4.78 is 7.01. The highest BCUT2D eigenvalue weighted by Gasteiger charge is 2.45. The average molecular weight is 395 g/mol. The summed E-state index contributed by atoms with van der Waals surface area (Å²) in [6, 6.07) is 21.4. The van der Waals surface area contributed by atoms with Gasteiger partial charge in [-0.05, 0) is 61.2 Å². The average Bonchev–Trinajstić information content (AvgIpc) is 2.64. The van der Waals surface area contributed by atoms with Gasteiger partial charge in [0.05, 0.1) is 0 Å². The van der Waals surface area contributed by atoms with Crippen LogP contribution in [0.4, 0.5) is 0 Å². The standard InChI is InChI=1S/C24H34OSi2/c1-7-23(19-21-15-11-9-12-16-21)27(6,25-26(3,4)5)24(8-2)20-22-17-13-10-14-18-22/h7-18,23-24H,1-2,19-20H2,3-6H3. The first kappa shape index (κ1) is 21.6. The predicted molar refractivity (Wildman–Crippen MR) is 124 cm³/mol. The minimum absolute atomic E-state index is 0.346. The van der Waals surface area contributed by atoms with E-state index in [1.54, 1.807) is 0 Å². The van der Waals surface area contributed by atoms with Crippen LogP contribution in [0.2, 0.25) is 37.3 Å². The van der Waals surface area contributed by atoms with Crippen LogP contribution in [0, 0.1) is 0 Å². The Morgan fingerprint density at radius 2 is 1.11 bits per heavy atom. The van der Waals surface area contributed by atoms with Gasteiger partial charge < -0.3 is 4.12 Å². The SMILES string of the molecule is C=CC(Cc1ccccc1)[Si](C)(O[Si](C)(C)C)C(C=C)Cc1ccccc1. The van der Waals surface area contributed by atoms with E-state index in [0.29, 0.717) is 11.1 Å². The monoisotopic (exact) mass is 394 g/mol. The van der Waals surface area contributed by atoms with Crippen molar-refractivity contribution >= 4 is 16.6 Å². The molecule has 0 N–H and O–H groups in total. The maximum atomic E-state index is 7.01. The molecule has 0 aliphatic carbocycles. The molecule has 0 saturated heterocycles. The van der Waals surface area contributed by atoms with E-state index in [1.165, 1.54) is 11.1 Å². The Bertz CT molecular complexity index is 666. The first-order valence-electron chi connectivity index (χ1n) is 9.81. The van der Waals surface area contributed by atoms with Gasteiger partial charge in [-0.2, -0.15) is 0 Å². The molecule has 0 aliphatic heterocycles. The molecule has 1 nitrogen and oxygen atoms in total. The summed E-state index contributed by atoms with van der Waals surface area (Å²) in [4.78, 5) is 0. The van der Waals surface area contributed by atoms with Gasteiger partial charge in [-0.25, -0.2) is 0 Å². The van der Waals surface area contributed by atoms with Crippen LogP contribution in [0.1, 0.15) is 11.1 Å². The second kappa shape index (κ2) is 9.49. The molecule has 2 atom stereocenters. The molecule has 0 aromatic heterocycles. The Labute approximate surface area is 168 Å². The Balaban J connectivity index is 2.38. The van der Waals surface area contributed by atoms with Crippen LogP contribution in [0.5, 0.6) is 0 Å². The largest absolute Gasteiger partial charge is 0.455 e. The first-order chi connectivity index (χ1) is 12.8. The van der Waals surface area contributed by atoms with Crippen LogP contribution >= 0.6 is 0 Å². The summed E-state index contributed by atoms with van der Waals surface area (Å²) in [5, 5.41) is 0. The van der Waals surface area contributed by atoms with Gasteiger partial charge in [0.25, 0.3) is 0 Å². The maximum absolute atomic E-state index is 7.01. The summed E-state index contributed by atoms with van der Waals surface area (Å²) >= 11 is 0. The Morgan fingerprint density at radius 3 is 1.41 bits per heavy atom. The fourth-order valence-electron chi connectivity index (χ4n) is 3.86. The molecule has 2 aromatic carbocycles. The van der Waals surface area contributed by atoms with Crippen molar-refractivity contribution in [2.75, 3.05) is 0 Å². The molecule has 2 rings (SSSR count). The van der Waals surface area contributed by atoms with Gasteiger partial charge in [0, 0.05) is 0 Å². The van der Waals surface area contributed by atoms with E-state index in [4.69, 9.17) is 4.12 Å². The predicted octanol–water partition coefficient (Wildman–Crippen LogP) is 7.01. The Hall–Kier alpha value is -1.69. The Morgan fingerprint density at radius 1 is 0.741 bits per heavy atom. The van der Waals surface area contributed by atoms with Gasteiger partial charge in [-0.15, -0.1) is 13.2 Å². The molecule has 0 bridgehead atoms. The lowest BCUT2D eigenvalue weighted by atomic mass is 10.1. The zero-order valence-electron chi connectivity index (χ0n) is 17.3. The van der Waals surface area contributed by atoms with Crippen LogP contribution in [-0.4, -0.2) is 16.6 Å². The topological polar surface area (TPSA) is 9.23 Å². The van der Waals surface area contributed by atoms with Crippen molar-refractivity contribution in [1.82, 2.24) is 0 Å². The molecule has 3 heteroatoms. The Kier molecular flexibility index (Phi) is 7.60. The molecule has 0 radical (unpaired) electrons. The van der Waals surface area contributed by atoms with Crippen LogP contribution in [0.15, 0.2) is 86.0 Å². The third-order valence-electron chi connectivity index (χ3n) is 5.16. The van der Waals surface area contributed by atoms with E-state index < -0.39 is 16.6 Å². The number of allylic oxidation sites excluding steroid dienone is 2. The molecular weight excluding hydrogens is 360 g/mol. The number of benzene rings is 2. The lowest BCUT2D eigenvalue weighted by molar-refractivity contribution is 0.508. The maximum Gasteiger partial charge on any atom is 0.191 e. The zero-order valence-corrected chi connectivity index (χ0v) is 19.3. The lowest BCUT2D eigenvalue weighted by Crippen LogP contribution is -2.52. The quantitative estimate of drug-likeness (QED) is 0.311. The van der Waals surface area contributed by atoms with E-state index in [0.717, 1.165) is 12.8 Å².